The lowest BCUT2D eigenvalue weighted by Gasteiger charge is -2.28. The number of methoxy groups -OCH3 is 2. The smallest absolute Gasteiger partial charge is 0.228 e. The number of hydrogen-bond donors (Lipinski definition) is 3. The summed E-state index contributed by atoms with van der Waals surface area (Å²) in [5.74, 6) is 0.771. The molecule has 3 N–H and O–H groups in total. The molecule has 0 aromatic heterocycles. The number of nitrogens with one attached hydrogen (secondary N) is 3. The number of amides is 1. The Bertz CT molecular complexity index is 848. The molecule has 0 aliphatic rings. The average Bonchev–Trinajstić information content (AvgIpc) is 2.67. The van der Waals surface area contributed by atoms with Crippen LogP contribution in [0.4, 0.5) is 5.69 Å². The molecule has 0 heterocycles. The zero-order chi connectivity index (χ0) is 21.4. The van der Waals surface area contributed by atoms with E-state index in [4.69, 9.17) is 56.5 Å². The summed E-state index contributed by atoms with van der Waals surface area (Å²) >= 11 is 23.3. The highest BCUT2D eigenvalue weighted by molar-refractivity contribution is 7.80. The van der Waals surface area contributed by atoms with Crippen molar-refractivity contribution in [2.75, 3.05) is 19.5 Å². The second-order valence-corrected chi connectivity index (χ2v) is 8.65. The van der Waals surface area contributed by atoms with E-state index >= 15 is 0 Å². The Kier molecular flexibility index (Phi) is 8.64. The molecule has 10 heteroatoms. The molecule has 0 aliphatic carbocycles. The number of hydrogen-bond acceptors (Lipinski definition) is 4. The van der Waals surface area contributed by atoms with Gasteiger partial charge in [-0.05, 0) is 29.9 Å². The maximum Gasteiger partial charge on any atom is 0.228 e. The standard InChI is InChI=1S/C19H20Cl3N3O3S/c1-27-14-9-8-13(11-15(14)28-2)23-18(29)25-17(19(20,21)22)24-16(26)10-12-6-4-3-5-7-12/h3-9,11,17H,10H2,1-2H3,(H,24,26)(H2,23,25,29)/t17-/m0/s1. The largest absolute Gasteiger partial charge is 0.493 e. The number of thiocarbonyl (C=S) groups is 1. The van der Waals surface area contributed by atoms with Crippen LogP contribution in [0.5, 0.6) is 11.5 Å². The topological polar surface area (TPSA) is 71.6 Å². The van der Waals surface area contributed by atoms with Crippen LogP contribution in [0.1, 0.15) is 5.56 Å². The van der Waals surface area contributed by atoms with Crippen molar-refractivity contribution >= 4 is 63.7 Å². The highest BCUT2D eigenvalue weighted by atomic mass is 35.6. The Morgan fingerprint density at radius 1 is 1.03 bits per heavy atom. The van der Waals surface area contributed by atoms with E-state index in [1.54, 1.807) is 25.3 Å². The van der Waals surface area contributed by atoms with Crippen LogP contribution in [0.25, 0.3) is 0 Å². The molecule has 0 fully saturated rings. The van der Waals surface area contributed by atoms with Crippen molar-refractivity contribution in [3.8, 4) is 11.5 Å². The van der Waals surface area contributed by atoms with Gasteiger partial charge in [0, 0.05) is 11.8 Å². The first-order valence-electron chi connectivity index (χ1n) is 8.42. The Labute approximate surface area is 189 Å². The molecule has 6 nitrogen and oxygen atoms in total. The summed E-state index contributed by atoms with van der Waals surface area (Å²) in [6, 6.07) is 14.4. The van der Waals surface area contributed by atoms with Crippen molar-refractivity contribution in [2.45, 2.75) is 16.4 Å². The summed E-state index contributed by atoms with van der Waals surface area (Å²) in [4.78, 5) is 12.3. The lowest BCUT2D eigenvalue weighted by atomic mass is 10.1. The first-order valence-corrected chi connectivity index (χ1v) is 9.96. The Hall–Kier alpha value is -1.93. The van der Waals surface area contributed by atoms with E-state index in [-0.39, 0.29) is 17.4 Å². The van der Waals surface area contributed by atoms with Crippen molar-refractivity contribution in [1.29, 1.82) is 0 Å². The molecule has 0 saturated heterocycles. The number of alkyl halides is 3. The number of anilines is 1. The van der Waals surface area contributed by atoms with Crippen LogP contribution in [-0.4, -0.2) is 35.2 Å². The SMILES string of the molecule is COc1ccc(NC(=S)N[C@H](NC(=O)Cc2ccccc2)C(Cl)(Cl)Cl)cc1OC. The number of carbonyl (C=O) groups excluding carboxylic acids is 1. The predicted octanol–water partition coefficient (Wildman–Crippen LogP) is 4.05. The summed E-state index contributed by atoms with van der Waals surface area (Å²) in [5, 5.41) is 8.55. The summed E-state index contributed by atoms with van der Waals surface area (Å²) < 4.78 is 8.61. The van der Waals surface area contributed by atoms with Crippen molar-refractivity contribution in [3.05, 3.63) is 54.1 Å². The van der Waals surface area contributed by atoms with Crippen LogP contribution in [0, 0.1) is 0 Å². The third-order valence-electron chi connectivity index (χ3n) is 3.76. The molecular formula is C19H20Cl3N3O3S. The first kappa shape index (κ1) is 23.3. The van der Waals surface area contributed by atoms with Crippen LogP contribution in [-0.2, 0) is 11.2 Å². The van der Waals surface area contributed by atoms with Gasteiger partial charge < -0.3 is 25.4 Å². The molecule has 0 unspecified atom stereocenters. The zero-order valence-electron chi connectivity index (χ0n) is 15.7. The molecule has 0 radical (unpaired) electrons. The minimum absolute atomic E-state index is 0.135. The normalized spacial score (nSPS) is 11.9. The van der Waals surface area contributed by atoms with Crippen molar-refractivity contribution in [2.24, 2.45) is 0 Å². The number of carbonyl (C=O) groups is 1. The highest BCUT2D eigenvalue weighted by Crippen LogP contribution is 2.31. The lowest BCUT2D eigenvalue weighted by molar-refractivity contribution is -0.121. The molecule has 2 aromatic carbocycles. The van der Waals surface area contributed by atoms with E-state index < -0.39 is 9.96 Å². The van der Waals surface area contributed by atoms with Gasteiger partial charge in [0.25, 0.3) is 0 Å². The van der Waals surface area contributed by atoms with Crippen molar-refractivity contribution in [3.63, 3.8) is 0 Å². The fraction of sp³-hybridized carbons (Fsp3) is 0.263. The van der Waals surface area contributed by atoms with Gasteiger partial charge in [0.2, 0.25) is 9.70 Å². The summed E-state index contributed by atoms with van der Waals surface area (Å²) in [5.41, 5.74) is 1.46. The van der Waals surface area contributed by atoms with Crippen LogP contribution in [0.3, 0.4) is 0 Å². The van der Waals surface area contributed by atoms with E-state index in [9.17, 15) is 4.79 Å². The van der Waals surface area contributed by atoms with E-state index in [0.717, 1.165) is 5.56 Å². The highest BCUT2D eigenvalue weighted by Gasteiger charge is 2.34. The molecule has 0 spiro atoms. The molecular weight excluding hydrogens is 457 g/mol. The van der Waals surface area contributed by atoms with Crippen LogP contribution >= 0.6 is 47.0 Å². The van der Waals surface area contributed by atoms with Gasteiger partial charge in [-0.2, -0.15) is 0 Å². The van der Waals surface area contributed by atoms with Gasteiger partial charge in [-0.25, -0.2) is 0 Å². The average molecular weight is 477 g/mol. The number of halogens is 3. The molecule has 2 rings (SSSR count). The molecule has 0 aliphatic heterocycles. The maximum atomic E-state index is 12.3. The molecule has 1 amide bonds. The van der Waals surface area contributed by atoms with E-state index in [2.05, 4.69) is 16.0 Å². The quantitative estimate of drug-likeness (QED) is 0.318. The Morgan fingerprint density at radius 3 is 2.28 bits per heavy atom. The van der Waals surface area contributed by atoms with Gasteiger partial charge in [0.05, 0.1) is 20.6 Å². The lowest BCUT2D eigenvalue weighted by Crippen LogP contribution is -2.56. The number of benzene rings is 2. The van der Waals surface area contributed by atoms with Crippen LogP contribution in [0.15, 0.2) is 48.5 Å². The number of rotatable bonds is 7. The van der Waals surface area contributed by atoms with Gasteiger partial charge in [-0.15, -0.1) is 0 Å². The third-order valence-corrected chi connectivity index (χ3v) is 4.63. The molecule has 0 saturated carbocycles. The maximum absolute atomic E-state index is 12.3. The minimum Gasteiger partial charge on any atom is -0.493 e. The van der Waals surface area contributed by atoms with Gasteiger partial charge in [-0.1, -0.05) is 65.1 Å². The fourth-order valence-electron chi connectivity index (χ4n) is 2.41. The summed E-state index contributed by atoms with van der Waals surface area (Å²) in [7, 11) is 3.07. The van der Waals surface area contributed by atoms with Gasteiger partial charge >= 0.3 is 0 Å². The Morgan fingerprint density at radius 2 is 1.69 bits per heavy atom. The fourth-order valence-corrected chi connectivity index (χ4v) is 2.97. The second kappa shape index (κ2) is 10.7. The molecule has 0 bridgehead atoms. The molecule has 1 atom stereocenters. The van der Waals surface area contributed by atoms with Gasteiger partial charge in [-0.3, -0.25) is 4.79 Å². The van der Waals surface area contributed by atoms with Gasteiger partial charge in [0.1, 0.15) is 6.17 Å². The van der Waals surface area contributed by atoms with Crippen molar-refractivity contribution in [1.82, 2.24) is 10.6 Å². The Balaban J connectivity index is 2.02. The third kappa shape index (κ3) is 7.44. The second-order valence-electron chi connectivity index (χ2n) is 5.87. The van der Waals surface area contributed by atoms with E-state index in [1.165, 1.54) is 7.11 Å². The van der Waals surface area contributed by atoms with E-state index in [1.807, 2.05) is 30.3 Å². The first-order chi connectivity index (χ1) is 13.7. The molecule has 29 heavy (non-hydrogen) atoms. The molecule has 156 valence electrons. The summed E-state index contributed by atoms with van der Waals surface area (Å²) in [6.45, 7) is 0. The monoisotopic (exact) mass is 475 g/mol. The summed E-state index contributed by atoms with van der Waals surface area (Å²) in [6.07, 6.45) is -0.917. The molecule has 2 aromatic rings. The number of ether oxygens (including phenoxy) is 2. The van der Waals surface area contributed by atoms with Crippen LogP contribution < -0.4 is 25.4 Å². The predicted molar refractivity (Wildman–Crippen MR) is 121 cm³/mol. The van der Waals surface area contributed by atoms with Gasteiger partial charge in [0.15, 0.2) is 16.6 Å². The van der Waals surface area contributed by atoms with Crippen LogP contribution in [0.2, 0.25) is 0 Å². The minimum atomic E-state index is -1.84. The van der Waals surface area contributed by atoms with Crippen molar-refractivity contribution < 1.29 is 14.3 Å². The zero-order valence-corrected chi connectivity index (χ0v) is 18.8. The van der Waals surface area contributed by atoms with E-state index in [0.29, 0.717) is 17.2 Å².